The number of hydrogen-bond donors (Lipinski definition) is 1. The first-order valence-corrected chi connectivity index (χ1v) is 11.4. The van der Waals surface area contributed by atoms with Gasteiger partial charge in [-0.1, -0.05) is 0 Å². The third kappa shape index (κ3) is 3.61. The Kier molecular flexibility index (Phi) is 5.02. The van der Waals surface area contributed by atoms with Crippen molar-refractivity contribution in [2.45, 2.75) is 52.4 Å². The van der Waals surface area contributed by atoms with E-state index >= 15 is 0 Å². The highest BCUT2D eigenvalue weighted by Crippen LogP contribution is 2.29. The van der Waals surface area contributed by atoms with Gasteiger partial charge >= 0.3 is 0 Å². The van der Waals surface area contributed by atoms with Crippen LogP contribution in [0.1, 0.15) is 41.3 Å². The van der Waals surface area contributed by atoms with Gasteiger partial charge in [-0.3, -0.25) is 14.2 Å². The van der Waals surface area contributed by atoms with Gasteiger partial charge in [0.2, 0.25) is 0 Å². The molecular weight excluding hydrogens is 414 g/mol. The lowest BCUT2D eigenvalue weighted by molar-refractivity contribution is -0.00545. The fourth-order valence-electron chi connectivity index (χ4n) is 4.49. The zero-order chi connectivity index (χ0) is 21.7. The van der Waals surface area contributed by atoms with Crippen molar-refractivity contribution in [3.8, 4) is 0 Å². The highest BCUT2D eigenvalue weighted by atomic mass is 32.1. The number of aromatic nitrogens is 3. The topological polar surface area (TPSA) is 89.3 Å². The molecule has 0 radical (unpaired) electrons. The number of morpholine rings is 1. The SMILES string of the molecule is Cc1c(C(=O)Nc2ccc(N3CC(C)OC(C)C3)nc2)sc2nc3n(c(=O)c12)CCC3. The summed E-state index contributed by atoms with van der Waals surface area (Å²) in [5, 5.41) is 3.47. The second-order valence-corrected chi connectivity index (χ2v) is 9.35. The second kappa shape index (κ2) is 7.72. The van der Waals surface area contributed by atoms with Gasteiger partial charge in [0.15, 0.2) is 0 Å². The Balaban J connectivity index is 1.37. The quantitative estimate of drug-likeness (QED) is 0.675. The van der Waals surface area contributed by atoms with Crippen LogP contribution in [0, 0.1) is 6.92 Å². The Morgan fingerprint density at radius 1 is 1.26 bits per heavy atom. The summed E-state index contributed by atoms with van der Waals surface area (Å²) < 4.78 is 7.51. The molecule has 0 aromatic carbocycles. The standard InChI is InChI=1S/C22H25N5O3S/c1-12-10-26(11-13(2)30-12)16-7-6-15(9-23-16)24-20(28)19-14(3)18-21(31-19)25-17-5-4-8-27(17)22(18)29/h6-7,9,12-13H,4-5,8,10-11H2,1-3H3,(H,24,28). The predicted octanol–water partition coefficient (Wildman–Crippen LogP) is 2.97. The number of ether oxygens (including phenoxy) is 1. The molecule has 0 bridgehead atoms. The molecule has 5 heterocycles. The van der Waals surface area contributed by atoms with Crippen LogP contribution < -0.4 is 15.8 Å². The van der Waals surface area contributed by atoms with E-state index < -0.39 is 0 Å². The minimum atomic E-state index is -0.242. The molecule has 1 saturated heterocycles. The smallest absolute Gasteiger partial charge is 0.266 e. The van der Waals surface area contributed by atoms with Gasteiger partial charge in [0.05, 0.1) is 34.4 Å². The number of amides is 1. The van der Waals surface area contributed by atoms with Crippen LogP contribution in [0.3, 0.4) is 0 Å². The van der Waals surface area contributed by atoms with Gasteiger partial charge in [0.25, 0.3) is 11.5 Å². The van der Waals surface area contributed by atoms with Gasteiger partial charge in [-0.25, -0.2) is 9.97 Å². The van der Waals surface area contributed by atoms with Crippen LogP contribution in [0.15, 0.2) is 23.1 Å². The van der Waals surface area contributed by atoms with E-state index in [1.807, 2.05) is 19.1 Å². The van der Waals surface area contributed by atoms with Gasteiger partial charge in [-0.15, -0.1) is 11.3 Å². The number of aryl methyl sites for hydroxylation is 2. The Morgan fingerprint density at radius 2 is 2.03 bits per heavy atom. The van der Waals surface area contributed by atoms with Crippen LogP contribution in [0.4, 0.5) is 11.5 Å². The van der Waals surface area contributed by atoms with E-state index in [0.717, 1.165) is 37.6 Å². The summed E-state index contributed by atoms with van der Waals surface area (Å²) in [5.41, 5.74) is 1.27. The minimum absolute atomic E-state index is 0.0368. The first-order chi connectivity index (χ1) is 14.9. The molecule has 0 aliphatic carbocycles. The predicted molar refractivity (Wildman–Crippen MR) is 121 cm³/mol. The monoisotopic (exact) mass is 439 g/mol. The maximum Gasteiger partial charge on any atom is 0.266 e. The molecule has 9 heteroatoms. The lowest BCUT2D eigenvalue weighted by Gasteiger charge is -2.36. The number of thiophene rings is 1. The molecule has 31 heavy (non-hydrogen) atoms. The third-order valence-electron chi connectivity index (χ3n) is 5.87. The molecule has 0 saturated carbocycles. The van der Waals surface area contributed by atoms with E-state index in [9.17, 15) is 9.59 Å². The molecule has 162 valence electrons. The van der Waals surface area contributed by atoms with Gasteiger partial charge in [0.1, 0.15) is 16.5 Å². The second-order valence-electron chi connectivity index (χ2n) is 8.35. The molecular formula is C22H25N5O3S. The molecule has 8 nitrogen and oxygen atoms in total. The lowest BCUT2D eigenvalue weighted by atomic mass is 10.2. The summed E-state index contributed by atoms with van der Waals surface area (Å²) in [4.78, 5) is 38.3. The normalized spacial score (nSPS) is 20.8. The van der Waals surface area contributed by atoms with Crippen molar-refractivity contribution in [3.63, 3.8) is 0 Å². The molecule has 3 aromatic heterocycles. The summed E-state index contributed by atoms with van der Waals surface area (Å²) in [6.45, 7) is 8.21. The molecule has 2 unspecified atom stereocenters. The van der Waals surface area contributed by atoms with Crippen molar-refractivity contribution in [2.24, 2.45) is 0 Å². The van der Waals surface area contributed by atoms with E-state index in [-0.39, 0.29) is 23.7 Å². The van der Waals surface area contributed by atoms with Gasteiger partial charge in [-0.05, 0) is 44.9 Å². The molecule has 5 rings (SSSR count). The van der Waals surface area contributed by atoms with Crippen molar-refractivity contribution < 1.29 is 9.53 Å². The van der Waals surface area contributed by atoms with Crippen LogP contribution in [0.25, 0.3) is 10.2 Å². The molecule has 0 spiro atoms. The summed E-state index contributed by atoms with van der Waals surface area (Å²) >= 11 is 1.28. The molecule has 3 aromatic rings. The van der Waals surface area contributed by atoms with E-state index in [4.69, 9.17) is 4.74 Å². The molecule has 2 aliphatic heterocycles. The Hall–Kier alpha value is -2.78. The Morgan fingerprint density at radius 3 is 2.74 bits per heavy atom. The van der Waals surface area contributed by atoms with Crippen LogP contribution in [0.2, 0.25) is 0 Å². The van der Waals surface area contributed by atoms with Crippen molar-refractivity contribution in [2.75, 3.05) is 23.3 Å². The van der Waals surface area contributed by atoms with E-state index in [0.29, 0.717) is 32.9 Å². The van der Waals surface area contributed by atoms with E-state index in [1.165, 1.54) is 11.3 Å². The summed E-state index contributed by atoms with van der Waals surface area (Å²) in [7, 11) is 0. The first-order valence-electron chi connectivity index (χ1n) is 10.6. The number of carbonyl (C=O) groups is 1. The Bertz CT molecular complexity index is 1210. The zero-order valence-corrected chi connectivity index (χ0v) is 18.7. The minimum Gasteiger partial charge on any atom is -0.372 e. The van der Waals surface area contributed by atoms with E-state index in [1.54, 1.807) is 10.8 Å². The van der Waals surface area contributed by atoms with Crippen molar-refractivity contribution >= 4 is 39.0 Å². The van der Waals surface area contributed by atoms with Crippen LogP contribution in [-0.2, 0) is 17.7 Å². The van der Waals surface area contributed by atoms with Gasteiger partial charge in [0, 0.05) is 26.1 Å². The van der Waals surface area contributed by atoms with Gasteiger partial charge < -0.3 is 15.0 Å². The van der Waals surface area contributed by atoms with Crippen molar-refractivity contribution in [1.82, 2.24) is 14.5 Å². The average Bonchev–Trinajstić information content (AvgIpc) is 3.33. The highest BCUT2D eigenvalue weighted by Gasteiger charge is 2.25. The summed E-state index contributed by atoms with van der Waals surface area (Å²) in [5.74, 6) is 1.44. The summed E-state index contributed by atoms with van der Waals surface area (Å²) in [6, 6.07) is 3.77. The van der Waals surface area contributed by atoms with Crippen molar-refractivity contribution in [1.29, 1.82) is 0 Å². The number of carbonyl (C=O) groups excluding carboxylic acids is 1. The average molecular weight is 440 g/mol. The number of pyridine rings is 1. The number of hydrogen-bond acceptors (Lipinski definition) is 7. The fourth-order valence-corrected chi connectivity index (χ4v) is 5.58. The number of anilines is 2. The van der Waals surface area contributed by atoms with Crippen LogP contribution >= 0.6 is 11.3 Å². The van der Waals surface area contributed by atoms with Gasteiger partial charge in [-0.2, -0.15) is 0 Å². The van der Waals surface area contributed by atoms with Crippen LogP contribution in [-0.4, -0.2) is 45.7 Å². The lowest BCUT2D eigenvalue weighted by Crippen LogP contribution is -2.45. The number of rotatable bonds is 3. The molecule has 1 N–H and O–H groups in total. The highest BCUT2D eigenvalue weighted by molar-refractivity contribution is 7.20. The third-order valence-corrected chi connectivity index (χ3v) is 7.05. The molecule has 1 fully saturated rings. The molecule has 2 aliphatic rings. The molecule has 1 amide bonds. The number of nitrogens with zero attached hydrogens (tertiary/aromatic N) is 4. The maximum absolute atomic E-state index is 12.9. The first kappa shape index (κ1) is 20.1. The Labute approximate surface area is 183 Å². The number of nitrogens with one attached hydrogen (secondary N) is 1. The zero-order valence-electron chi connectivity index (χ0n) is 17.8. The fraction of sp³-hybridized carbons (Fsp3) is 0.455. The number of fused-ring (bicyclic) bond motifs is 2. The molecule has 2 atom stereocenters. The van der Waals surface area contributed by atoms with E-state index in [2.05, 4.69) is 34.0 Å². The van der Waals surface area contributed by atoms with Crippen LogP contribution in [0.5, 0.6) is 0 Å². The maximum atomic E-state index is 12.9. The summed E-state index contributed by atoms with van der Waals surface area (Å²) in [6.07, 6.45) is 3.72. The van der Waals surface area contributed by atoms with Crippen molar-refractivity contribution in [3.05, 3.63) is 44.9 Å². The largest absolute Gasteiger partial charge is 0.372 e.